The maximum absolute atomic E-state index is 6.32. The van der Waals surface area contributed by atoms with E-state index in [1.54, 1.807) is 0 Å². The summed E-state index contributed by atoms with van der Waals surface area (Å²) in [6.07, 6.45) is 4.91. The molecule has 2 rings (SSSR count). The van der Waals surface area contributed by atoms with Gasteiger partial charge in [0, 0.05) is 25.2 Å². The van der Waals surface area contributed by atoms with E-state index < -0.39 is 0 Å². The first-order chi connectivity index (χ1) is 10.6. The van der Waals surface area contributed by atoms with Crippen LogP contribution in [-0.2, 0) is 6.42 Å². The van der Waals surface area contributed by atoms with Gasteiger partial charge in [-0.05, 0) is 50.3 Å². The van der Waals surface area contributed by atoms with E-state index in [2.05, 4.69) is 54.4 Å². The van der Waals surface area contributed by atoms with Crippen molar-refractivity contribution in [2.75, 3.05) is 26.2 Å². The monoisotopic (exact) mass is 303 g/mol. The third kappa shape index (κ3) is 6.47. The van der Waals surface area contributed by atoms with Crippen LogP contribution in [-0.4, -0.2) is 43.2 Å². The van der Waals surface area contributed by atoms with E-state index in [9.17, 15) is 0 Å². The van der Waals surface area contributed by atoms with E-state index >= 15 is 0 Å². The zero-order valence-electron chi connectivity index (χ0n) is 14.3. The van der Waals surface area contributed by atoms with Gasteiger partial charge in [-0.1, -0.05) is 44.2 Å². The van der Waals surface area contributed by atoms with Gasteiger partial charge in [-0.3, -0.25) is 0 Å². The molecule has 1 heterocycles. The molecule has 0 amide bonds. The Balaban J connectivity index is 1.76. The van der Waals surface area contributed by atoms with Gasteiger partial charge >= 0.3 is 0 Å². The van der Waals surface area contributed by atoms with Crippen molar-refractivity contribution in [3.8, 4) is 0 Å². The second-order valence-electron chi connectivity index (χ2n) is 7.19. The van der Waals surface area contributed by atoms with Gasteiger partial charge in [0.15, 0.2) is 0 Å². The molecule has 1 aromatic carbocycles. The smallest absolute Gasteiger partial charge is 0.0206 e. The SMILES string of the molecule is CC(C)C[C@@H](CN1CCCC1)NC[C@@H](N)Cc1ccccc1. The van der Waals surface area contributed by atoms with Gasteiger partial charge in [0.1, 0.15) is 0 Å². The highest BCUT2D eigenvalue weighted by Gasteiger charge is 2.18. The molecular weight excluding hydrogens is 270 g/mol. The van der Waals surface area contributed by atoms with Gasteiger partial charge < -0.3 is 16.0 Å². The van der Waals surface area contributed by atoms with Crippen LogP contribution >= 0.6 is 0 Å². The maximum Gasteiger partial charge on any atom is 0.0206 e. The topological polar surface area (TPSA) is 41.3 Å². The zero-order chi connectivity index (χ0) is 15.8. The van der Waals surface area contributed by atoms with Crippen LogP contribution in [0.25, 0.3) is 0 Å². The van der Waals surface area contributed by atoms with Crippen molar-refractivity contribution in [2.45, 2.75) is 51.6 Å². The van der Waals surface area contributed by atoms with Gasteiger partial charge in [-0.25, -0.2) is 0 Å². The van der Waals surface area contributed by atoms with Crippen molar-refractivity contribution in [1.29, 1.82) is 0 Å². The molecule has 0 radical (unpaired) electrons. The second kappa shape index (κ2) is 9.29. The number of nitrogens with two attached hydrogens (primary N) is 1. The average molecular weight is 303 g/mol. The Labute approximate surface area is 136 Å². The molecule has 0 aromatic heterocycles. The van der Waals surface area contributed by atoms with E-state index in [1.807, 2.05) is 0 Å². The lowest BCUT2D eigenvalue weighted by molar-refractivity contribution is 0.266. The molecule has 1 aliphatic rings. The molecule has 0 unspecified atom stereocenters. The summed E-state index contributed by atoms with van der Waals surface area (Å²) in [5, 5.41) is 3.73. The minimum atomic E-state index is 0.190. The number of rotatable bonds is 9. The summed E-state index contributed by atoms with van der Waals surface area (Å²) in [5.74, 6) is 0.727. The number of nitrogens with zero attached hydrogens (tertiary/aromatic N) is 1. The van der Waals surface area contributed by atoms with Crippen LogP contribution in [0.1, 0.15) is 38.7 Å². The van der Waals surface area contributed by atoms with Crippen LogP contribution in [0.4, 0.5) is 0 Å². The van der Waals surface area contributed by atoms with Crippen LogP contribution in [0.3, 0.4) is 0 Å². The van der Waals surface area contributed by atoms with E-state index in [0.29, 0.717) is 6.04 Å². The highest BCUT2D eigenvalue weighted by atomic mass is 15.2. The predicted molar refractivity (Wildman–Crippen MR) is 95.0 cm³/mol. The minimum absolute atomic E-state index is 0.190. The highest BCUT2D eigenvalue weighted by Crippen LogP contribution is 2.12. The lowest BCUT2D eigenvalue weighted by Crippen LogP contribution is -2.46. The molecule has 1 aromatic rings. The number of likely N-dealkylation sites (tertiary alicyclic amines) is 1. The third-order valence-electron chi connectivity index (χ3n) is 4.44. The molecule has 0 saturated carbocycles. The summed E-state index contributed by atoms with van der Waals surface area (Å²) in [5.41, 5.74) is 7.65. The fraction of sp³-hybridized carbons (Fsp3) is 0.684. The quantitative estimate of drug-likeness (QED) is 0.737. The van der Waals surface area contributed by atoms with Gasteiger partial charge in [0.2, 0.25) is 0 Å². The van der Waals surface area contributed by atoms with Gasteiger partial charge in [0.05, 0.1) is 0 Å². The number of nitrogens with one attached hydrogen (secondary N) is 1. The largest absolute Gasteiger partial charge is 0.326 e. The number of hydrogen-bond acceptors (Lipinski definition) is 3. The number of hydrogen-bond donors (Lipinski definition) is 2. The van der Waals surface area contributed by atoms with Gasteiger partial charge in [-0.2, -0.15) is 0 Å². The fourth-order valence-electron chi connectivity index (χ4n) is 3.38. The Morgan fingerprint density at radius 3 is 2.45 bits per heavy atom. The summed E-state index contributed by atoms with van der Waals surface area (Å²) < 4.78 is 0. The van der Waals surface area contributed by atoms with Crippen molar-refractivity contribution < 1.29 is 0 Å². The molecule has 2 atom stereocenters. The summed E-state index contributed by atoms with van der Waals surface area (Å²) in [6, 6.07) is 11.3. The molecule has 0 bridgehead atoms. The first kappa shape index (κ1) is 17.5. The predicted octanol–water partition coefficient (Wildman–Crippen LogP) is 2.66. The molecule has 124 valence electrons. The summed E-state index contributed by atoms with van der Waals surface area (Å²) in [4.78, 5) is 2.60. The Kier molecular flexibility index (Phi) is 7.37. The molecular formula is C19H33N3. The molecule has 3 heteroatoms. The maximum atomic E-state index is 6.32. The van der Waals surface area contributed by atoms with Crippen LogP contribution in [0, 0.1) is 5.92 Å². The summed E-state index contributed by atoms with van der Waals surface area (Å²) in [6.45, 7) is 9.24. The second-order valence-corrected chi connectivity index (χ2v) is 7.19. The van der Waals surface area contributed by atoms with Crippen LogP contribution in [0.15, 0.2) is 30.3 Å². The molecule has 0 aliphatic carbocycles. The zero-order valence-corrected chi connectivity index (χ0v) is 14.3. The number of benzene rings is 1. The lowest BCUT2D eigenvalue weighted by atomic mass is 10.0. The Morgan fingerprint density at radius 2 is 1.82 bits per heavy atom. The normalized spacial score (nSPS) is 18.7. The van der Waals surface area contributed by atoms with Crippen molar-refractivity contribution in [3.63, 3.8) is 0 Å². The van der Waals surface area contributed by atoms with Crippen LogP contribution in [0.5, 0.6) is 0 Å². The van der Waals surface area contributed by atoms with Gasteiger partial charge in [0.25, 0.3) is 0 Å². The molecule has 0 spiro atoms. The Hall–Kier alpha value is -0.900. The minimum Gasteiger partial charge on any atom is -0.326 e. The highest BCUT2D eigenvalue weighted by molar-refractivity contribution is 5.15. The average Bonchev–Trinajstić information content (AvgIpc) is 2.98. The van der Waals surface area contributed by atoms with Crippen molar-refractivity contribution in [1.82, 2.24) is 10.2 Å². The molecule has 3 N–H and O–H groups in total. The summed E-state index contributed by atoms with van der Waals surface area (Å²) in [7, 11) is 0. The van der Waals surface area contributed by atoms with E-state index in [-0.39, 0.29) is 6.04 Å². The molecule has 1 fully saturated rings. The van der Waals surface area contributed by atoms with Crippen molar-refractivity contribution >= 4 is 0 Å². The van der Waals surface area contributed by atoms with E-state index in [0.717, 1.165) is 18.9 Å². The Morgan fingerprint density at radius 1 is 1.14 bits per heavy atom. The van der Waals surface area contributed by atoms with Crippen molar-refractivity contribution in [3.05, 3.63) is 35.9 Å². The first-order valence-electron chi connectivity index (χ1n) is 8.88. The van der Waals surface area contributed by atoms with E-state index in [1.165, 1.54) is 44.5 Å². The third-order valence-corrected chi connectivity index (χ3v) is 4.44. The van der Waals surface area contributed by atoms with Crippen LogP contribution < -0.4 is 11.1 Å². The van der Waals surface area contributed by atoms with E-state index in [4.69, 9.17) is 5.73 Å². The van der Waals surface area contributed by atoms with Gasteiger partial charge in [-0.15, -0.1) is 0 Å². The molecule has 1 aliphatic heterocycles. The summed E-state index contributed by atoms with van der Waals surface area (Å²) >= 11 is 0. The molecule has 22 heavy (non-hydrogen) atoms. The van der Waals surface area contributed by atoms with Crippen LogP contribution in [0.2, 0.25) is 0 Å². The lowest BCUT2D eigenvalue weighted by Gasteiger charge is -2.27. The first-order valence-corrected chi connectivity index (χ1v) is 8.88. The molecule has 1 saturated heterocycles. The Bertz CT molecular complexity index is 398. The van der Waals surface area contributed by atoms with Crippen molar-refractivity contribution in [2.24, 2.45) is 11.7 Å². The fourth-order valence-corrected chi connectivity index (χ4v) is 3.38. The molecule has 3 nitrogen and oxygen atoms in total. The standard InChI is InChI=1S/C19H33N3/c1-16(2)12-19(15-22-10-6-7-11-22)21-14-18(20)13-17-8-4-3-5-9-17/h3-5,8-9,16,18-19,21H,6-7,10-15,20H2,1-2H3/t18-,19-/m0/s1.